The maximum Gasteiger partial charge on any atom is 0.316 e. The van der Waals surface area contributed by atoms with E-state index >= 15 is 0 Å². The summed E-state index contributed by atoms with van der Waals surface area (Å²) in [6.07, 6.45) is -0.115. The van der Waals surface area contributed by atoms with Crippen molar-refractivity contribution in [2.45, 2.75) is 25.2 Å². The van der Waals surface area contributed by atoms with E-state index in [-0.39, 0.29) is 54.0 Å². The summed E-state index contributed by atoms with van der Waals surface area (Å²) in [7, 11) is 0. The van der Waals surface area contributed by atoms with Gasteiger partial charge in [0.25, 0.3) is 5.69 Å². The van der Waals surface area contributed by atoms with Crippen molar-refractivity contribution in [3.8, 4) is 5.75 Å². The topological polar surface area (TPSA) is 127 Å². The Bertz CT molecular complexity index is 1910. The van der Waals surface area contributed by atoms with Crippen molar-refractivity contribution in [3.63, 3.8) is 0 Å². The Labute approximate surface area is 263 Å². The minimum atomic E-state index is -0.804. The van der Waals surface area contributed by atoms with Crippen LogP contribution in [-0.2, 0) is 19.2 Å². The highest BCUT2D eigenvalue weighted by Gasteiger charge is 2.61. The van der Waals surface area contributed by atoms with Crippen LogP contribution >= 0.6 is 0 Å². The SMILES string of the molecule is Cc1ccc(N2C[C@@H](C(=O)Oc3cccc(N4C(=O)[C@@H]5C6c7ccccc7C(c7ccccc76)[C@@H]5C4=O)c3)CC2=O)cc1[N+](=O)[O-]. The van der Waals surface area contributed by atoms with Gasteiger partial charge in [0.1, 0.15) is 5.75 Å². The molecule has 0 unspecified atom stereocenters. The van der Waals surface area contributed by atoms with E-state index in [2.05, 4.69) is 24.3 Å². The van der Waals surface area contributed by atoms with Crippen molar-refractivity contribution >= 4 is 40.8 Å². The highest BCUT2D eigenvalue weighted by Crippen LogP contribution is 2.61. The number of carbonyl (C=O) groups is 4. The third kappa shape index (κ3) is 4.02. The predicted molar refractivity (Wildman–Crippen MR) is 166 cm³/mol. The molecule has 0 saturated carbocycles. The van der Waals surface area contributed by atoms with Crippen LogP contribution in [0.2, 0.25) is 0 Å². The van der Waals surface area contributed by atoms with Crippen LogP contribution in [0.25, 0.3) is 0 Å². The highest BCUT2D eigenvalue weighted by molar-refractivity contribution is 6.23. The van der Waals surface area contributed by atoms with Crippen LogP contribution in [0, 0.1) is 34.8 Å². The van der Waals surface area contributed by atoms with Crippen molar-refractivity contribution < 1.29 is 28.8 Å². The number of hydrogen-bond donors (Lipinski definition) is 0. The van der Waals surface area contributed by atoms with Gasteiger partial charge >= 0.3 is 5.97 Å². The molecule has 3 aliphatic carbocycles. The van der Waals surface area contributed by atoms with E-state index in [1.54, 1.807) is 37.3 Å². The minimum Gasteiger partial charge on any atom is -0.426 e. The summed E-state index contributed by atoms with van der Waals surface area (Å²) in [5.41, 5.74) is 5.34. The second-order valence-corrected chi connectivity index (χ2v) is 12.3. The van der Waals surface area contributed by atoms with Gasteiger partial charge < -0.3 is 9.64 Å². The molecule has 10 nitrogen and oxygen atoms in total. The van der Waals surface area contributed by atoms with Gasteiger partial charge in [-0.1, -0.05) is 60.7 Å². The Morgan fingerprint density at radius 2 is 1.37 bits per heavy atom. The molecule has 9 rings (SSSR count). The number of anilines is 2. The summed E-state index contributed by atoms with van der Waals surface area (Å²) >= 11 is 0. The Morgan fingerprint density at radius 1 is 0.783 bits per heavy atom. The molecule has 228 valence electrons. The van der Waals surface area contributed by atoms with Crippen molar-refractivity contribution in [3.05, 3.63) is 129 Å². The molecule has 2 fully saturated rings. The molecular weight excluding hydrogens is 586 g/mol. The molecule has 0 radical (unpaired) electrons. The van der Waals surface area contributed by atoms with E-state index in [4.69, 9.17) is 4.74 Å². The standard InChI is InChI=1S/C36H27N3O7/c1-19-13-14-21(17-28(19)39(44)45)37-18-20(15-29(37)40)36(43)46-23-8-6-7-22(16-23)38-34(41)32-30-24-9-2-3-10-25(24)31(33(32)35(38)42)27-12-5-4-11-26(27)30/h2-14,16-17,20,30-33H,15,18H2,1H3/t20-,30?,31?,32-,33+/m0/s1. The molecule has 46 heavy (non-hydrogen) atoms. The Hall–Kier alpha value is -5.64. The van der Waals surface area contributed by atoms with E-state index in [9.17, 15) is 29.3 Å². The van der Waals surface area contributed by atoms with Crippen LogP contribution in [0.15, 0.2) is 91.0 Å². The zero-order chi connectivity index (χ0) is 31.9. The molecule has 2 heterocycles. The number of imide groups is 1. The van der Waals surface area contributed by atoms with E-state index in [1.807, 2.05) is 24.3 Å². The first kappa shape index (κ1) is 27.9. The average molecular weight is 614 g/mol. The number of ether oxygens (including phenoxy) is 1. The number of carbonyl (C=O) groups excluding carboxylic acids is 4. The largest absolute Gasteiger partial charge is 0.426 e. The number of rotatable bonds is 5. The predicted octanol–water partition coefficient (Wildman–Crippen LogP) is 5.26. The van der Waals surface area contributed by atoms with Gasteiger partial charge in [0.2, 0.25) is 17.7 Å². The maximum absolute atomic E-state index is 14.1. The van der Waals surface area contributed by atoms with Crippen LogP contribution in [-0.4, -0.2) is 35.2 Å². The van der Waals surface area contributed by atoms with Gasteiger partial charge in [-0.15, -0.1) is 0 Å². The molecule has 3 atom stereocenters. The molecule has 2 saturated heterocycles. The summed E-state index contributed by atoms with van der Waals surface area (Å²) in [5.74, 6) is -3.75. The summed E-state index contributed by atoms with van der Waals surface area (Å²) < 4.78 is 5.68. The zero-order valence-electron chi connectivity index (χ0n) is 24.7. The van der Waals surface area contributed by atoms with E-state index < -0.39 is 28.6 Å². The van der Waals surface area contributed by atoms with Crippen molar-refractivity contribution in [2.24, 2.45) is 17.8 Å². The molecule has 0 N–H and O–H groups in total. The number of benzene rings is 4. The Morgan fingerprint density at radius 3 is 1.93 bits per heavy atom. The van der Waals surface area contributed by atoms with Gasteiger partial charge in [-0.25, -0.2) is 4.90 Å². The monoisotopic (exact) mass is 613 g/mol. The van der Waals surface area contributed by atoms with Gasteiger partial charge in [0.15, 0.2) is 0 Å². The molecule has 5 aliphatic rings. The van der Waals surface area contributed by atoms with Crippen molar-refractivity contribution in [1.82, 2.24) is 0 Å². The number of amides is 3. The lowest BCUT2D eigenvalue weighted by Gasteiger charge is -2.45. The number of nitro benzene ring substituents is 1. The van der Waals surface area contributed by atoms with Crippen LogP contribution in [0.4, 0.5) is 17.1 Å². The quantitative estimate of drug-likeness (QED) is 0.0988. The lowest BCUT2D eigenvalue weighted by molar-refractivity contribution is -0.385. The van der Waals surface area contributed by atoms with Gasteiger partial charge in [0, 0.05) is 42.5 Å². The highest BCUT2D eigenvalue weighted by atomic mass is 16.6. The smallest absolute Gasteiger partial charge is 0.316 e. The second kappa shape index (κ2) is 10.2. The third-order valence-electron chi connectivity index (χ3n) is 9.90. The summed E-state index contributed by atoms with van der Waals surface area (Å²) in [6.45, 7) is 1.62. The van der Waals surface area contributed by atoms with E-state index in [0.29, 0.717) is 16.9 Å². The first-order valence-corrected chi connectivity index (χ1v) is 15.2. The number of nitro groups is 1. The molecule has 0 spiro atoms. The molecule has 2 aliphatic heterocycles. The van der Waals surface area contributed by atoms with Gasteiger partial charge in [-0.3, -0.25) is 29.3 Å². The fourth-order valence-corrected chi connectivity index (χ4v) is 7.89. The molecule has 0 aromatic heterocycles. The lowest BCUT2D eigenvalue weighted by Crippen LogP contribution is -2.41. The third-order valence-corrected chi connectivity index (χ3v) is 9.90. The molecule has 3 amide bonds. The second-order valence-electron chi connectivity index (χ2n) is 12.3. The first-order valence-electron chi connectivity index (χ1n) is 15.2. The number of hydrogen-bond acceptors (Lipinski definition) is 7. The molecule has 2 bridgehead atoms. The molecular formula is C36H27N3O7. The number of nitrogens with zero attached hydrogens (tertiary/aromatic N) is 3. The van der Waals surface area contributed by atoms with E-state index in [0.717, 1.165) is 22.3 Å². The van der Waals surface area contributed by atoms with Gasteiger partial charge in [-0.05, 0) is 47.4 Å². The average Bonchev–Trinajstić information content (AvgIpc) is 3.58. The molecule has 10 heteroatoms. The Kier molecular flexibility index (Phi) is 6.18. The van der Waals surface area contributed by atoms with Gasteiger partial charge in [0.05, 0.1) is 34.1 Å². The molecule has 4 aromatic rings. The normalized spacial score (nSPS) is 24.1. The number of aryl methyl sites for hydroxylation is 1. The maximum atomic E-state index is 14.1. The van der Waals surface area contributed by atoms with Crippen LogP contribution < -0.4 is 14.5 Å². The minimum absolute atomic E-state index is 0.00786. The van der Waals surface area contributed by atoms with Crippen LogP contribution in [0.5, 0.6) is 5.75 Å². The van der Waals surface area contributed by atoms with Crippen molar-refractivity contribution in [2.75, 3.05) is 16.3 Å². The molecule has 4 aromatic carbocycles. The van der Waals surface area contributed by atoms with Crippen LogP contribution in [0.1, 0.15) is 46.1 Å². The number of esters is 1. The van der Waals surface area contributed by atoms with Crippen LogP contribution in [0.3, 0.4) is 0 Å². The van der Waals surface area contributed by atoms with E-state index in [1.165, 1.54) is 21.9 Å². The lowest BCUT2D eigenvalue weighted by atomic mass is 9.55. The summed E-state index contributed by atoms with van der Waals surface area (Å²) in [4.78, 5) is 67.7. The Balaban J connectivity index is 1.04. The fraction of sp³-hybridized carbons (Fsp3) is 0.222. The zero-order valence-corrected chi connectivity index (χ0v) is 24.7. The van der Waals surface area contributed by atoms with Crippen molar-refractivity contribution in [1.29, 1.82) is 0 Å². The summed E-state index contributed by atoms with van der Waals surface area (Å²) in [5, 5.41) is 11.4. The first-order chi connectivity index (χ1) is 22.2. The fourth-order valence-electron chi connectivity index (χ4n) is 7.89. The summed E-state index contributed by atoms with van der Waals surface area (Å²) in [6, 6.07) is 26.9. The van der Waals surface area contributed by atoms with Gasteiger partial charge in [-0.2, -0.15) is 0 Å².